The van der Waals surface area contributed by atoms with Crippen molar-refractivity contribution in [3.63, 3.8) is 0 Å². The molecule has 0 saturated heterocycles. The first-order valence-corrected chi connectivity index (χ1v) is 8.16. The van der Waals surface area contributed by atoms with Crippen molar-refractivity contribution in [3.8, 4) is 0 Å². The van der Waals surface area contributed by atoms with E-state index in [0.717, 1.165) is 0 Å². The minimum absolute atomic E-state index is 0.139. The second kappa shape index (κ2) is 10.5. The number of hydrogen-bond donors (Lipinski definition) is 4. The Morgan fingerprint density at radius 2 is 1.22 bits per heavy atom. The van der Waals surface area contributed by atoms with Gasteiger partial charge in [-0.3, -0.25) is 9.59 Å². The summed E-state index contributed by atoms with van der Waals surface area (Å²) in [7, 11) is 0. The van der Waals surface area contributed by atoms with E-state index in [1.54, 1.807) is 30.3 Å². The summed E-state index contributed by atoms with van der Waals surface area (Å²) in [6.45, 7) is 0. The van der Waals surface area contributed by atoms with Gasteiger partial charge in [-0.1, -0.05) is 36.8 Å². The maximum atomic E-state index is 11.1. The molecule has 2 aromatic carbocycles. The molecule has 0 heterocycles. The average Bonchev–Trinajstić information content (AvgIpc) is 2.60. The third-order valence-electron chi connectivity index (χ3n) is 3.65. The lowest BCUT2D eigenvalue weighted by molar-refractivity contribution is -0.137. The summed E-state index contributed by atoms with van der Waals surface area (Å²) in [4.78, 5) is 41.9. The second-order valence-electron chi connectivity index (χ2n) is 5.67. The largest absolute Gasteiger partial charge is 0.481 e. The van der Waals surface area contributed by atoms with Gasteiger partial charge in [-0.15, -0.1) is 0 Å². The molecule has 0 unspecified atom stereocenters. The van der Waals surface area contributed by atoms with Crippen LogP contribution in [0.5, 0.6) is 0 Å². The average molecular weight is 376 g/mol. The summed E-state index contributed by atoms with van der Waals surface area (Å²) in [5.41, 5.74) is -0.350. The van der Waals surface area contributed by atoms with Crippen molar-refractivity contribution in [1.82, 2.24) is 0 Å². The molecule has 0 aromatic heterocycles. The Bertz CT molecular complexity index is 825. The van der Waals surface area contributed by atoms with Crippen LogP contribution in [-0.2, 0) is 9.59 Å². The van der Waals surface area contributed by atoms with E-state index in [0.29, 0.717) is 30.0 Å². The molecule has 0 aliphatic rings. The normalized spacial score (nSPS) is 9.93. The molecule has 0 aliphatic carbocycles. The molecule has 0 amide bonds. The van der Waals surface area contributed by atoms with Crippen LogP contribution in [0.4, 0.5) is 0 Å². The van der Waals surface area contributed by atoms with Crippen LogP contribution in [0.15, 0.2) is 36.4 Å². The lowest BCUT2D eigenvalue weighted by atomic mass is 9.99. The minimum Gasteiger partial charge on any atom is -0.481 e. The fourth-order valence-electron chi connectivity index (χ4n) is 2.41. The Morgan fingerprint density at radius 3 is 1.70 bits per heavy atom. The lowest BCUT2D eigenvalue weighted by Crippen LogP contribution is -2.08. The van der Waals surface area contributed by atoms with Gasteiger partial charge >= 0.3 is 23.9 Å². The molecule has 0 fully saturated rings. The van der Waals surface area contributed by atoms with Crippen LogP contribution >= 0.6 is 0 Å². The molecule has 144 valence electrons. The first-order valence-electron chi connectivity index (χ1n) is 8.16. The maximum Gasteiger partial charge on any atom is 0.337 e. The minimum atomic E-state index is -1.23. The zero-order chi connectivity index (χ0) is 20.4. The van der Waals surface area contributed by atoms with Crippen LogP contribution in [0.1, 0.15) is 52.8 Å². The molecule has 4 N–H and O–H groups in total. The van der Waals surface area contributed by atoms with Crippen LogP contribution in [0, 0.1) is 0 Å². The topological polar surface area (TPSA) is 149 Å². The van der Waals surface area contributed by atoms with Crippen molar-refractivity contribution in [2.24, 2.45) is 0 Å². The number of rotatable bonds is 8. The number of hydrogen-bond acceptors (Lipinski definition) is 4. The molecule has 0 radical (unpaired) electrons. The number of aliphatic carboxylic acids is 2. The summed E-state index contributed by atoms with van der Waals surface area (Å²) in [5, 5.41) is 35.5. The van der Waals surface area contributed by atoms with Gasteiger partial charge in [-0.25, -0.2) is 9.59 Å². The molecule has 0 spiro atoms. The Hall–Kier alpha value is -3.42. The molecule has 8 nitrogen and oxygen atoms in total. The highest BCUT2D eigenvalue weighted by Crippen LogP contribution is 2.22. The fraction of sp³-hybridized carbons (Fsp3) is 0.263. The predicted octanol–water partition coefficient (Wildman–Crippen LogP) is 3.34. The number of aromatic carboxylic acids is 2. The van der Waals surface area contributed by atoms with Crippen molar-refractivity contribution in [1.29, 1.82) is 0 Å². The Balaban J connectivity index is 0.000000293. The fourth-order valence-corrected chi connectivity index (χ4v) is 2.41. The van der Waals surface area contributed by atoms with Gasteiger partial charge in [0.25, 0.3) is 0 Å². The molecule has 0 bridgehead atoms. The van der Waals surface area contributed by atoms with E-state index < -0.39 is 23.9 Å². The molecule has 8 heteroatoms. The second-order valence-corrected chi connectivity index (χ2v) is 5.67. The summed E-state index contributed by atoms with van der Waals surface area (Å²) >= 11 is 0. The number of carboxylic acid groups (broad SMARTS) is 4. The summed E-state index contributed by atoms with van der Waals surface area (Å²) < 4.78 is 0. The molecular weight excluding hydrogens is 356 g/mol. The number of fused-ring (bicyclic) bond motifs is 1. The molecule has 2 rings (SSSR count). The van der Waals surface area contributed by atoms with Crippen molar-refractivity contribution >= 4 is 34.6 Å². The Labute approximate surface area is 154 Å². The van der Waals surface area contributed by atoms with E-state index in [-0.39, 0.29) is 24.0 Å². The SMILES string of the molecule is O=C(O)CCCCCC(=O)O.O=C(O)c1ccc2ccccc2c1C(=O)O. The van der Waals surface area contributed by atoms with Gasteiger partial charge in [0, 0.05) is 12.8 Å². The summed E-state index contributed by atoms with van der Waals surface area (Å²) in [6, 6.07) is 9.72. The standard InChI is InChI=1S/C12H8O4.C7H12O4/c13-11(14)9-6-5-7-3-1-2-4-8(7)10(9)12(15)16;8-6(9)4-2-1-3-5-7(10)11/h1-6H,(H,13,14)(H,15,16);1-5H2,(H,8,9)(H,10,11). The van der Waals surface area contributed by atoms with E-state index in [1.165, 1.54) is 6.07 Å². The Kier molecular flexibility index (Phi) is 8.44. The summed E-state index contributed by atoms with van der Waals surface area (Å²) in [6.07, 6.45) is 2.10. The van der Waals surface area contributed by atoms with Crippen molar-refractivity contribution in [2.75, 3.05) is 0 Å². The number of unbranched alkanes of at least 4 members (excludes halogenated alkanes) is 2. The zero-order valence-corrected chi connectivity index (χ0v) is 14.4. The molecule has 0 atom stereocenters. The first-order chi connectivity index (χ1) is 12.7. The third-order valence-corrected chi connectivity index (χ3v) is 3.65. The monoisotopic (exact) mass is 376 g/mol. The number of carbonyl (C=O) groups is 4. The maximum absolute atomic E-state index is 11.1. The van der Waals surface area contributed by atoms with Gasteiger partial charge in [0.15, 0.2) is 0 Å². The first kappa shape index (κ1) is 21.6. The smallest absolute Gasteiger partial charge is 0.337 e. The van der Waals surface area contributed by atoms with E-state index in [2.05, 4.69) is 0 Å². The molecule has 0 saturated carbocycles. The van der Waals surface area contributed by atoms with Gasteiger partial charge in [-0.05, 0) is 29.7 Å². The molecular formula is C19H20O8. The van der Waals surface area contributed by atoms with Gasteiger partial charge in [0.1, 0.15) is 0 Å². The third kappa shape index (κ3) is 7.15. The van der Waals surface area contributed by atoms with Crippen molar-refractivity contribution < 1.29 is 39.6 Å². The van der Waals surface area contributed by atoms with Crippen LogP contribution in [0.2, 0.25) is 0 Å². The van der Waals surface area contributed by atoms with E-state index >= 15 is 0 Å². The van der Waals surface area contributed by atoms with Gasteiger partial charge < -0.3 is 20.4 Å². The van der Waals surface area contributed by atoms with E-state index in [9.17, 15) is 19.2 Å². The predicted molar refractivity (Wildman–Crippen MR) is 96.2 cm³/mol. The highest BCUT2D eigenvalue weighted by Gasteiger charge is 2.18. The number of carboxylic acids is 4. The summed E-state index contributed by atoms with van der Waals surface area (Å²) in [5.74, 6) is -4.10. The van der Waals surface area contributed by atoms with Gasteiger partial charge in [0.2, 0.25) is 0 Å². The quantitative estimate of drug-likeness (QED) is 0.512. The van der Waals surface area contributed by atoms with Crippen LogP contribution in [0.25, 0.3) is 10.8 Å². The number of benzene rings is 2. The lowest BCUT2D eigenvalue weighted by Gasteiger charge is -2.05. The van der Waals surface area contributed by atoms with E-state index in [4.69, 9.17) is 20.4 Å². The van der Waals surface area contributed by atoms with Gasteiger partial charge in [-0.2, -0.15) is 0 Å². The van der Waals surface area contributed by atoms with Crippen molar-refractivity contribution in [2.45, 2.75) is 32.1 Å². The molecule has 0 aliphatic heterocycles. The van der Waals surface area contributed by atoms with Crippen LogP contribution in [0.3, 0.4) is 0 Å². The van der Waals surface area contributed by atoms with Crippen LogP contribution in [-0.4, -0.2) is 44.3 Å². The highest BCUT2D eigenvalue weighted by atomic mass is 16.4. The highest BCUT2D eigenvalue weighted by molar-refractivity contribution is 6.11. The van der Waals surface area contributed by atoms with Crippen molar-refractivity contribution in [3.05, 3.63) is 47.5 Å². The Morgan fingerprint density at radius 1 is 0.667 bits per heavy atom. The zero-order valence-electron chi connectivity index (χ0n) is 14.4. The molecule has 27 heavy (non-hydrogen) atoms. The van der Waals surface area contributed by atoms with Crippen LogP contribution < -0.4 is 0 Å². The molecule has 2 aromatic rings. The van der Waals surface area contributed by atoms with Gasteiger partial charge in [0.05, 0.1) is 11.1 Å². The van der Waals surface area contributed by atoms with E-state index in [1.807, 2.05) is 0 Å².